The van der Waals surface area contributed by atoms with Gasteiger partial charge in [-0.1, -0.05) is 32.9 Å². The third-order valence-corrected chi connectivity index (χ3v) is 5.76. The molecular weight excluding hydrogens is 424 g/mol. The van der Waals surface area contributed by atoms with Crippen molar-refractivity contribution in [1.82, 2.24) is 15.3 Å². The monoisotopic (exact) mass is 454 g/mol. The van der Waals surface area contributed by atoms with Crippen LogP contribution < -0.4 is 10.2 Å². The topological polar surface area (TPSA) is 133 Å². The van der Waals surface area contributed by atoms with Gasteiger partial charge in [0.2, 0.25) is 5.91 Å². The molecule has 2 amide bonds. The largest absolute Gasteiger partial charge is 0.504 e. The van der Waals surface area contributed by atoms with E-state index in [1.807, 2.05) is 12.1 Å². The van der Waals surface area contributed by atoms with Crippen LogP contribution >= 0.6 is 0 Å². The summed E-state index contributed by atoms with van der Waals surface area (Å²) in [6.45, 7) is 7.97. The Bertz CT molecular complexity index is 1060. The van der Waals surface area contributed by atoms with Gasteiger partial charge in [-0.15, -0.1) is 0 Å². The van der Waals surface area contributed by atoms with Crippen LogP contribution in [0, 0.1) is 12.8 Å². The molecule has 1 unspecified atom stereocenters. The SMILES string of the molecule is Cc1nc(CC2CCN(c3ccc(C(C)(C)C)cc3)C(=O)C2)nc(C(=O)NCC(=O)O)c1O. The van der Waals surface area contributed by atoms with Crippen LogP contribution in [-0.4, -0.2) is 51.1 Å². The summed E-state index contributed by atoms with van der Waals surface area (Å²) in [5.74, 6) is -2.01. The van der Waals surface area contributed by atoms with Crippen molar-refractivity contribution in [3.05, 3.63) is 47.0 Å². The molecule has 9 heteroatoms. The number of nitrogens with one attached hydrogen (secondary N) is 1. The van der Waals surface area contributed by atoms with E-state index in [1.165, 1.54) is 5.56 Å². The van der Waals surface area contributed by atoms with E-state index in [0.717, 1.165) is 12.1 Å². The number of carboxylic acid groups (broad SMARTS) is 1. The highest BCUT2D eigenvalue weighted by Gasteiger charge is 2.29. The molecule has 0 saturated carbocycles. The van der Waals surface area contributed by atoms with Crippen LogP contribution in [0.25, 0.3) is 0 Å². The Labute approximate surface area is 192 Å². The fourth-order valence-electron chi connectivity index (χ4n) is 3.86. The standard InChI is InChI=1S/C24H30N4O5/c1-14-22(32)21(23(33)25-13-20(30)31)27-18(26-14)11-15-9-10-28(19(29)12-15)17-7-5-16(6-8-17)24(2,3)4/h5-8,15,32H,9-13H2,1-4H3,(H,25,33)(H,30,31). The molecule has 1 aliphatic rings. The first-order chi connectivity index (χ1) is 15.5. The van der Waals surface area contributed by atoms with Gasteiger partial charge in [0.25, 0.3) is 5.91 Å². The summed E-state index contributed by atoms with van der Waals surface area (Å²) in [5, 5.41) is 21.1. The normalized spacial score (nSPS) is 16.5. The lowest BCUT2D eigenvalue weighted by Crippen LogP contribution is -2.39. The fourth-order valence-corrected chi connectivity index (χ4v) is 3.86. The molecule has 9 nitrogen and oxygen atoms in total. The molecule has 1 aromatic heterocycles. The Hall–Kier alpha value is -3.49. The first-order valence-corrected chi connectivity index (χ1v) is 10.9. The third-order valence-electron chi connectivity index (χ3n) is 5.76. The summed E-state index contributed by atoms with van der Waals surface area (Å²) in [5.41, 5.74) is 2.09. The highest BCUT2D eigenvalue weighted by Crippen LogP contribution is 2.29. The van der Waals surface area contributed by atoms with Crippen molar-refractivity contribution in [2.24, 2.45) is 5.92 Å². The van der Waals surface area contributed by atoms with E-state index in [9.17, 15) is 19.5 Å². The number of aromatic nitrogens is 2. The predicted octanol–water partition coefficient (Wildman–Crippen LogP) is 2.59. The minimum atomic E-state index is -1.20. The van der Waals surface area contributed by atoms with E-state index >= 15 is 0 Å². The van der Waals surface area contributed by atoms with E-state index in [2.05, 4.69) is 48.2 Å². The number of benzene rings is 1. The van der Waals surface area contributed by atoms with E-state index in [0.29, 0.717) is 25.2 Å². The Morgan fingerprint density at radius 3 is 2.42 bits per heavy atom. The average molecular weight is 455 g/mol. The number of aromatic hydroxyl groups is 1. The van der Waals surface area contributed by atoms with Crippen LogP contribution in [-0.2, 0) is 21.4 Å². The van der Waals surface area contributed by atoms with Gasteiger partial charge in [0.05, 0.1) is 5.69 Å². The molecule has 1 aliphatic heterocycles. The molecule has 0 spiro atoms. The van der Waals surface area contributed by atoms with Crippen molar-refractivity contribution in [2.45, 2.75) is 52.4 Å². The van der Waals surface area contributed by atoms with Crippen molar-refractivity contribution in [3.63, 3.8) is 0 Å². The number of amides is 2. The Kier molecular flexibility index (Phi) is 7.00. The second kappa shape index (κ2) is 9.56. The summed E-state index contributed by atoms with van der Waals surface area (Å²) in [6.07, 6.45) is 1.45. The van der Waals surface area contributed by atoms with E-state index in [1.54, 1.807) is 11.8 Å². The number of carbonyl (C=O) groups excluding carboxylic acids is 2. The Balaban J connectivity index is 1.68. The molecule has 3 rings (SSSR count). The van der Waals surface area contributed by atoms with Crippen molar-refractivity contribution >= 4 is 23.5 Å². The number of hydrogen-bond acceptors (Lipinski definition) is 6. The van der Waals surface area contributed by atoms with Gasteiger partial charge in [0.15, 0.2) is 11.4 Å². The number of carbonyl (C=O) groups is 3. The predicted molar refractivity (Wildman–Crippen MR) is 122 cm³/mol. The van der Waals surface area contributed by atoms with Gasteiger partial charge < -0.3 is 20.4 Å². The van der Waals surface area contributed by atoms with E-state index < -0.39 is 18.4 Å². The summed E-state index contributed by atoms with van der Waals surface area (Å²) in [4.78, 5) is 46.0. The Morgan fingerprint density at radius 1 is 1.18 bits per heavy atom. The minimum Gasteiger partial charge on any atom is -0.504 e. The second-order valence-electron chi connectivity index (χ2n) is 9.40. The molecule has 0 aliphatic carbocycles. The lowest BCUT2D eigenvalue weighted by Gasteiger charge is -2.32. The van der Waals surface area contributed by atoms with Crippen LogP contribution in [0.4, 0.5) is 5.69 Å². The number of aryl methyl sites for hydroxylation is 1. The van der Waals surface area contributed by atoms with Crippen LogP contribution in [0.15, 0.2) is 24.3 Å². The van der Waals surface area contributed by atoms with Gasteiger partial charge in [-0.05, 0) is 42.4 Å². The second-order valence-corrected chi connectivity index (χ2v) is 9.40. The smallest absolute Gasteiger partial charge is 0.322 e. The van der Waals surface area contributed by atoms with Crippen LogP contribution in [0.1, 0.15) is 61.2 Å². The maximum atomic E-state index is 12.8. The van der Waals surface area contributed by atoms with Gasteiger partial charge in [-0.3, -0.25) is 14.4 Å². The first kappa shape index (κ1) is 24.2. The van der Waals surface area contributed by atoms with E-state index in [4.69, 9.17) is 5.11 Å². The van der Waals surface area contributed by atoms with Crippen LogP contribution in [0.3, 0.4) is 0 Å². The van der Waals surface area contributed by atoms with Crippen molar-refractivity contribution < 1.29 is 24.6 Å². The third kappa shape index (κ3) is 5.85. The molecule has 1 saturated heterocycles. The van der Waals surface area contributed by atoms with Crippen molar-refractivity contribution in [1.29, 1.82) is 0 Å². The maximum Gasteiger partial charge on any atom is 0.322 e. The molecule has 1 fully saturated rings. The molecule has 2 heterocycles. The molecule has 2 aromatic rings. The number of nitrogens with zero attached hydrogens (tertiary/aromatic N) is 3. The zero-order valence-corrected chi connectivity index (χ0v) is 19.4. The van der Waals surface area contributed by atoms with Gasteiger partial charge in [-0.2, -0.15) is 0 Å². The summed E-state index contributed by atoms with van der Waals surface area (Å²) in [7, 11) is 0. The molecule has 1 atom stereocenters. The summed E-state index contributed by atoms with van der Waals surface area (Å²) < 4.78 is 0. The zero-order valence-electron chi connectivity index (χ0n) is 19.4. The number of rotatable bonds is 6. The fraction of sp³-hybridized carbons (Fsp3) is 0.458. The number of carboxylic acids is 1. The molecule has 0 bridgehead atoms. The quantitative estimate of drug-likeness (QED) is 0.611. The van der Waals surface area contributed by atoms with Gasteiger partial charge in [0, 0.05) is 25.1 Å². The van der Waals surface area contributed by atoms with Gasteiger partial charge >= 0.3 is 5.97 Å². The maximum absolute atomic E-state index is 12.8. The highest BCUT2D eigenvalue weighted by molar-refractivity contribution is 5.96. The number of piperidine rings is 1. The van der Waals surface area contributed by atoms with E-state index in [-0.39, 0.29) is 34.4 Å². The zero-order chi connectivity index (χ0) is 24.3. The van der Waals surface area contributed by atoms with Crippen molar-refractivity contribution in [3.8, 4) is 5.75 Å². The number of anilines is 1. The lowest BCUT2D eigenvalue weighted by atomic mass is 9.87. The molecule has 33 heavy (non-hydrogen) atoms. The van der Waals surface area contributed by atoms with Crippen LogP contribution in [0.2, 0.25) is 0 Å². The molecule has 176 valence electrons. The minimum absolute atomic E-state index is 0.00136. The highest BCUT2D eigenvalue weighted by atomic mass is 16.4. The average Bonchev–Trinajstić information content (AvgIpc) is 2.74. The Morgan fingerprint density at radius 2 is 1.85 bits per heavy atom. The summed E-state index contributed by atoms with van der Waals surface area (Å²) >= 11 is 0. The van der Waals surface area contributed by atoms with Gasteiger partial charge in [-0.25, -0.2) is 9.97 Å². The molecule has 3 N–H and O–H groups in total. The molecular formula is C24H30N4O5. The van der Waals surface area contributed by atoms with Crippen LogP contribution in [0.5, 0.6) is 5.75 Å². The van der Waals surface area contributed by atoms with Gasteiger partial charge in [0.1, 0.15) is 12.4 Å². The molecule has 0 radical (unpaired) electrons. The molecule has 1 aromatic carbocycles. The summed E-state index contributed by atoms with van der Waals surface area (Å²) in [6, 6.07) is 8.07. The lowest BCUT2D eigenvalue weighted by molar-refractivity contribution is -0.135. The number of aliphatic carboxylic acids is 1. The van der Waals surface area contributed by atoms with Crippen molar-refractivity contribution in [2.75, 3.05) is 18.0 Å². The number of hydrogen-bond donors (Lipinski definition) is 3. The first-order valence-electron chi connectivity index (χ1n) is 10.9.